The fourth-order valence-electron chi connectivity index (χ4n) is 1.98. The molecule has 0 bridgehead atoms. The van der Waals surface area contributed by atoms with Gasteiger partial charge in [0.15, 0.2) is 0 Å². The van der Waals surface area contributed by atoms with Gasteiger partial charge in [0.25, 0.3) is 0 Å². The molecule has 0 aliphatic heterocycles. The van der Waals surface area contributed by atoms with Crippen LogP contribution in [-0.2, 0) is 16.6 Å². The van der Waals surface area contributed by atoms with Crippen molar-refractivity contribution in [3.05, 3.63) is 54.1 Å². The van der Waals surface area contributed by atoms with E-state index in [-0.39, 0.29) is 18.0 Å². The van der Waals surface area contributed by atoms with Crippen LogP contribution in [0.2, 0.25) is 0 Å². The molecule has 22 heavy (non-hydrogen) atoms. The second-order valence-corrected chi connectivity index (χ2v) is 6.54. The van der Waals surface area contributed by atoms with Crippen molar-refractivity contribution >= 4 is 15.7 Å². The van der Waals surface area contributed by atoms with Gasteiger partial charge in [0.1, 0.15) is 11.6 Å². The van der Waals surface area contributed by atoms with Gasteiger partial charge in [0, 0.05) is 12.3 Å². The van der Waals surface area contributed by atoms with Crippen LogP contribution in [-0.4, -0.2) is 26.3 Å². The summed E-state index contributed by atoms with van der Waals surface area (Å²) in [7, 11) is -3.58. The summed E-state index contributed by atoms with van der Waals surface area (Å²) < 4.78 is 44.2. The SMILES string of the molecule is CCOc1cc(F)ccc1N(Cc1ccccn1)S(C)(=O)=O. The summed E-state index contributed by atoms with van der Waals surface area (Å²) in [6.45, 7) is 2.10. The Morgan fingerprint density at radius 3 is 2.64 bits per heavy atom. The number of halogens is 1. The molecule has 0 N–H and O–H groups in total. The normalized spacial score (nSPS) is 11.2. The lowest BCUT2D eigenvalue weighted by Crippen LogP contribution is -2.30. The van der Waals surface area contributed by atoms with Gasteiger partial charge in [-0.3, -0.25) is 9.29 Å². The third kappa shape index (κ3) is 3.94. The first kappa shape index (κ1) is 16.2. The van der Waals surface area contributed by atoms with E-state index in [4.69, 9.17) is 4.74 Å². The number of sulfonamides is 1. The van der Waals surface area contributed by atoms with Crippen LogP contribution in [0.15, 0.2) is 42.6 Å². The molecule has 0 fully saturated rings. The van der Waals surface area contributed by atoms with Crippen LogP contribution in [0, 0.1) is 5.82 Å². The highest BCUT2D eigenvalue weighted by Gasteiger charge is 2.22. The monoisotopic (exact) mass is 324 g/mol. The molecular formula is C15H17FN2O3S. The van der Waals surface area contributed by atoms with E-state index in [0.717, 1.165) is 10.6 Å². The van der Waals surface area contributed by atoms with Crippen molar-refractivity contribution in [2.24, 2.45) is 0 Å². The smallest absolute Gasteiger partial charge is 0.232 e. The predicted molar refractivity (Wildman–Crippen MR) is 82.8 cm³/mol. The van der Waals surface area contributed by atoms with Crippen LogP contribution in [0.3, 0.4) is 0 Å². The Hall–Kier alpha value is -2.15. The maximum Gasteiger partial charge on any atom is 0.232 e. The molecule has 0 radical (unpaired) electrons. The van der Waals surface area contributed by atoms with E-state index >= 15 is 0 Å². The van der Waals surface area contributed by atoms with Gasteiger partial charge in [-0.1, -0.05) is 6.07 Å². The minimum absolute atomic E-state index is 0.0470. The Labute approximate surface area is 129 Å². The molecule has 0 saturated carbocycles. The van der Waals surface area contributed by atoms with Gasteiger partial charge in [-0.05, 0) is 31.2 Å². The van der Waals surface area contributed by atoms with Gasteiger partial charge in [-0.25, -0.2) is 12.8 Å². The second kappa shape index (κ2) is 6.74. The van der Waals surface area contributed by atoms with Crippen molar-refractivity contribution in [3.63, 3.8) is 0 Å². The third-order valence-electron chi connectivity index (χ3n) is 2.92. The number of anilines is 1. The van der Waals surface area contributed by atoms with Crippen molar-refractivity contribution in [1.29, 1.82) is 0 Å². The lowest BCUT2D eigenvalue weighted by molar-refractivity contribution is 0.339. The molecule has 0 atom stereocenters. The lowest BCUT2D eigenvalue weighted by atomic mass is 10.2. The maximum atomic E-state index is 13.4. The second-order valence-electron chi connectivity index (χ2n) is 4.64. The van der Waals surface area contributed by atoms with E-state index in [2.05, 4.69) is 4.98 Å². The zero-order valence-corrected chi connectivity index (χ0v) is 13.2. The molecule has 118 valence electrons. The highest BCUT2D eigenvalue weighted by Crippen LogP contribution is 2.32. The molecule has 7 heteroatoms. The zero-order valence-electron chi connectivity index (χ0n) is 12.4. The molecule has 0 aliphatic carbocycles. The van der Waals surface area contributed by atoms with Gasteiger partial charge < -0.3 is 4.74 Å². The first-order chi connectivity index (χ1) is 10.4. The van der Waals surface area contributed by atoms with Crippen LogP contribution in [0.4, 0.5) is 10.1 Å². The largest absolute Gasteiger partial charge is 0.492 e. The molecule has 1 aromatic heterocycles. The number of pyridine rings is 1. The number of nitrogens with zero attached hydrogens (tertiary/aromatic N) is 2. The molecule has 0 saturated heterocycles. The summed E-state index contributed by atoms with van der Waals surface area (Å²) in [6.07, 6.45) is 2.68. The number of benzene rings is 1. The van der Waals surface area contributed by atoms with Crippen molar-refractivity contribution in [1.82, 2.24) is 4.98 Å². The molecular weight excluding hydrogens is 307 g/mol. The summed E-state index contributed by atoms with van der Waals surface area (Å²) >= 11 is 0. The Bertz CT molecular complexity index is 736. The summed E-state index contributed by atoms with van der Waals surface area (Å²) in [5, 5.41) is 0. The van der Waals surface area contributed by atoms with Crippen LogP contribution in [0.25, 0.3) is 0 Å². The topological polar surface area (TPSA) is 59.5 Å². The van der Waals surface area contributed by atoms with E-state index in [1.165, 1.54) is 18.2 Å². The summed E-state index contributed by atoms with van der Waals surface area (Å²) in [5.74, 6) is -0.303. The van der Waals surface area contributed by atoms with Crippen molar-refractivity contribution in [2.75, 3.05) is 17.2 Å². The number of ether oxygens (including phenoxy) is 1. The van der Waals surface area contributed by atoms with E-state index in [0.29, 0.717) is 12.3 Å². The fraction of sp³-hybridized carbons (Fsp3) is 0.267. The molecule has 2 rings (SSSR count). The fourth-order valence-corrected chi connectivity index (χ4v) is 2.86. The number of hydrogen-bond donors (Lipinski definition) is 0. The molecule has 1 aromatic carbocycles. The molecule has 0 spiro atoms. The summed E-state index contributed by atoms with van der Waals surface area (Å²) in [6, 6.07) is 9.02. The number of aromatic nitrogens is 1. The molecule has 2 aromatic rings. The minimum atomic E-state index is -3.58. The Morgan fingerprint density at radius 1 is 1.27 bits per heavy atom. The molecule has 0 aliphatic rings. The summed E-state index contributed by atoms with van der Waals surface area (Å²) in [5.41, 5.74) is 0.871. The first-order valence-corrected chi connectivity index (χ1v) is 8.56. The lowest BCUT2D eigenvalue weighted by Gasteiger charge is -2.24. The van der Waals surface area contributed by atoms with Gasteiger partial charge in [-0.2, -0.15) is 0 Å². The van der Waals surface area contributed by atoms with Crippen LogP contribution < -0.4 is 9.04 Å². The highest BCUT2D eigenvalue weighted by atomic mass is 32.2. The van der Waals surface area contributed by atoms with Gasteiger partial charge >= 0.3 is 0 Å². The average molecular weight is 324 g/mol. The van der Waals surface area contributed by atoms with Gasteiger partial charge in [0.05, 0.1) is 30.8 Å². The highest BCUT2D eigenvalue weighted by molar-refractivity contribution is 7.92. The Morgan fingerprint density at radius 2 is 2.05 bits per heavy atom. The van der Waals surface area contributed by atoms with Crippen LogP contribution in [0.1, 0.15) is 12.6 Å². The van der Waals surface area contributed by atoms with Gasteiger partial charge in [-0.15, -0.1) is 0 Å². The summed E-state index contributed by atoms with van der Waals surface area (Å²) in [4.78, 5) is 4.13. The van der Waals surface area contributed by atoms with Crippen molar-refractivity contribution in [3.8, 4) is 5.75 Å². The quantitative estimate of drug-likeness (QED) is 0.819. The average Bonchev–Trinajstić information content (AvgIpc) is 2.46. The Kier molecular flexibility index (Phi) is 4.97. The van der Waals surface area contributed by atoms with E-state index in [9.17, 15) is 12.8 Å². The van der Waals surface area contributed by atoms with Gasteiger partial charge in [0.2, 0.25) is 10.0 Å². The molecule has 0 unspecified atom stereocenters. The van der Waals surface area contributed by atoms with Crippen LogP contribution >= 0.6 is 0 Å². The van der Waals surface area contributed by atoms with E-state index in [1.807, 2.05) is 0 Å². The minimum Gasteiger partial charge on any atom is -0.492 e. The van der Waals surface area contributed by atoms with Crippen LogP contribution in [0.5, 0.6) is 5.75 Å². The predicted octanol–water partition coefficient (Wildman–Crippen LogP) is 2.59. The molecule has 0 amide bonds. The molecule has 1 heterocycles. The standard InChI is InChI=1S/C15H17FN2O3S/c1-3-21-15-10-12(16)7-8-14(15)18(22(2,19)20)11-13-6-4-5-9-17-13/h4-10H,3,11H2,1-2H3. The van der Waals surface area contributed by atoms with E-state index in [1.54, 1.807) is 31.3 Å². The molecule has 5 nitrogen and oxygen atoms in total. The zero-order chi connectivity index (χ0) is 16.2. The Balaban J connectivity index is 2.47. The van der Waals surface area contributed by atoms with Crippen molar-refractivity contribution in [2.45, 2.75) is 13.5 Å². The third-order valence-corrected chi connectivity index (χ3v) is 4.05. The maximum absolute atomic E-state index is 13.4. The number of rotatable bonds is 6. The first-order valence-electron chi connectivity index (χ1n) is 6.71. The van der Waals surface area contributed by atoms with Crippen molar-refractivity contribution < 1.29 is 17.5 Å². The number of hydrogen-bond acceptors (Lipinski definition) is 4. The van der Waals surface area contributed by atoms with E-state index < -0.39 is 15.8 Å².